The lowest BCUT2D eigenvalue weighted by Crippen LogP contribution is -2.27. The van der Waals surface area contributed by atoms with Crippen molar-refractivity contribution < 1.29 is 9.53 Å². The second-order valence-corrected chi connectivity index (χ2v) is 6.27. The molecule has 0 aliphatic rings. The van der Waals surface area contributed by atoms with Gasteiger partial charge in [-0.15, -0.1) is 0 Å². The SMILES string of the molecule is CN=C/C(=C\N)c1cc(OC)cc(C(C)NC(=O)c2cc(N)ccc2C)c1. The first-order valence-electron chi connectivity index (χ1n) is 8.60. The summed E-state index contributed by atoms with van der Waals surface area (Å²) in [6, 6.07) is 10.8. The topological polar surface area (TPSA) is 103 Å². The Morgan fingerprint density at radius 3 is 2.63 bits per heavy atom. The van der Waals surface area contributed by atoms with E-state index in [2.05, 4.69) is 10.3 Å². The van der Waals surface area contributed by atoms with Crippen molar-refractivity contribution >= 4 is 23.4 Å². The van der Waals surface area contributed by atoms with Crippen LogP contribution in [0, 0.1) is 6.92 Å². The minimum absolute atomic E-state index is 0.179. The Labute approximate surface area is 159 Å². The third-order valence-electron chi connectivity index (χ3n) is 4.30. The van der Waals surface area contributed by atoms with E-state index in [4.69, 9.17) is 16.2 Å². The van der Waals surface area contributed by atoms with Gasteiger partial charge in [-0.05, 0) is 60.9 Å². The number of nitrogen functional groups attached to an aromatic ring is 1. The summed E-state index contributed by atoms with van der Waals surface area (Å²) < 4.78 is 5.40. The molecule has 5 N–H and O–H groups in total. The van der Waals surface area contributed by atoms with Gasteiger partial charge >= 0.3 is 0 Å². The van der Waals surface area contributed by atoms with Crippen LogP contribution in [0.15, 0.2) is 47.6 Å². The maximum Gasteiger partial charge on any atom is 0.252 e. The zero-order valence-electron chi connectivity index (χ0n) is 16.1. The number of aliphatic imine (C=N–C) groups is 1. The summed E-state index contributed by atoms with van der Waals surface area (Å²) in [7, 11) is 3.28. The fraction of sp³-hybridized carbons (Fsp3) is 0.238. The number of hydrogen-bond donors (Lipinski definition) is 3. The maximum absolute atomic E-state index is 12.7. The minimum atomic E-state index is -0.246. The van der Waals surface area contributed by atoms with Gasteiger partial charge in [0.2, 0.25) is 0 Å². The van der Waals surface area contributed by atoms with Gasteiger partial charge in [-0.3, -0.25) is 9.79 Å². The Kier molecular flexibility index (Phi) is 6.60. The van der Waals surface area contributed by atoms with E-state index < -0.39 is 0 Å². The van der Waals surface area contributed by atoms with E-state index in [0.29, 0.717) is 17.0 Å². The highest BCUT2D eigenvalue weighted by molar-refractivity contribution is 6.09. The van der Waals surface area contributed by atoms with Crippen molar-refractivity contribution in [1.82, 2.24) is 5.32 Å². The highest BCUT2D eigenvalue weighted by Gasteiger charge is 2.16. The number of ether oxygens (including phenoxy) is 1. The number of anilines is 1. The van der Waals surface area contributed by atoms with Crippen LogP contribution in [0.5, 0.6) is 5.75 Å². The number of benzene rings is 2. The highest BCUT2D eigenvalue weighted by atomic mass is 16.5. The van der Waals surface area contributed by atoms with Gasteiger partial charge in [0.15, 0.2) is 0 Å². The minimum Gasteiger partial charge on any atom is -0.497 e. The van der Waals surface area contributed by atoms with Crippen molar-refractivity contribution in [1.29, 1.82) is 0 Å². The lowest BCUT2D eigenvalue weighted by molar-refractivity contribution is 0.0939. The van der Waals surface area contributed by atoms with Crippen LogP contribution < -0.4 is 21.5 Å². The summed E-state index contributed by atoms with van der Waals surface area (Å²) >= 11 is 0. The first-order valence-corrected chi connectivity index (χ1v) is 8.60. The molecule has 0 aliphatic heterocycles. The third-order valence-corrected chi connectivity index (χ3v) is 4.30. The number of methoxy groups -OCH3 is 1. The average Bonchev–Trinajstić information content (AvgIpc) is 2.67. The van der Waals surface area contributed by atoms with E-state index in [9.17, 15) is 4.79 Å². The molecule has 0 aliphatic carbocycles. The normalized spacial score (nSPS) is 12.8. The lowest BCUT2D eigenvalue weighted by Gasteiger charge is -2.18. The van der Waals surface area contributed by atoms with Gasteiger partial charge in [0, 0.05) is 36.3 Å². The van der Waals surface area contributed by atoms with Gasteiger partial charge in [0.25, 0.3) is 5.91 Å². The zero-order valence-corrected chi connectivity index (χ0v) is 16.1. The number of carbonyl (C=O) groups is 1. The molecule has 2 rings (SSSR count). The number of nitrogens with one attached hydrogen (secondary N) is 1. The summed E-state index contributed by atoms with van der Waals surface area (Å²) in [6.07, 6.45) is 3.17. The second-order valence-electron chi connectivity index (χ2n) is 6.27. The molecule has 27 heavy (non-hydrogen) atoms. The number of hydrogen-bond acceptors (Lipinski definition) is 5. The molecule has 0 spiro atoms. The van der Waals surface area contributed by atoms with E-state index in [-0.39, 0.29) is 11.9 Å². The monoisotopic (exact) mass is 366 g/mol. The van der Waals surface area contributed by atoms with Crippen molar-refractivity contribution in [2.24, 2.45) is 10.7 Å². The second kappa shape index (κ2) is 8.89. The summed E-state index contributed by atoms with van der Waals surface area (Å²) in [5.74, 6) is 0.494. The van der Waals surface area contributed by atoms with E-state index in [1.807, 2.05) is 38.1 Å². The zero-order chi connectivity index (χ0) is 20.0. The Balaban J connectivity index is 2.33. The summed E-state index contributed by atoms with van der Waals surface area (Å²) in [5.41, 5.74) is 16.0. The molecule has 0 radical (unpaired) electrons. The largest absolute Gasteiger partial charge is 0.497 e. The van der Waals surface area contributed by atoms with Crippen molar-refractivity contribution in [3.05, 3.63) is 64.9 Å². The van der Waals surface area contributed by atoms with E-state index in [1.165, 1.54) is 6.20 Å². The number of rotatable bonds is 6. The Bertz CT molecular complexity index is 888. The van der Waals surface area contributed by atoms with Crippen LogP contribution >= 0.6 is 0 Å². The fourth-order valence-electron chi connectivity index (χ4n) is 2.75. The van der Waals surface area contributed by atoms with Gasteiger partial charge in [0.1, 0.15) is 5.75 Å². The van der Waals surface area contributed by atoms with Crippen LogP contribution in [0.4, 0.5) is 5.69 Å². The number of nitrogens with zero attached hydrogens (tertiary/aromatic N) is 1. The van der Waals surface area contributed by atoms with Gasteiger partial charge in [0.05, 0.1) is 13.2 Å². The fourth-order valence-corrected chi connectivity index (χ4v) is 2.75. The molecule has 2 aromatic rings. The molecule has 0 aromatic heterocycles. The van der Waals surface area contributed by atoms with E-state index in [0.717, 1.165) is 22.3 Å². The highest BCUT2D eigenvalue weighted by Crippen LogP contribution is 2.26. The molecule has 1 amide bonds. The van der Waals surface area contributed by atoms with Gasteiger partial charge in [-0.2, -0.15) is 0 Å². The average molecular weight is 366 g/mol. The van der Waals surface area contributed by atoms with Gasteiger partial charge in [-0.1, -0.05) is 6.07 Å². The molecule has 142 valence electrons. The molecule has 6 nitrogen and oxygen atoms in total. The first kappa shape index (κ1) is 20.0. The molecule has 6 heteroatoms. The molecule has 1 atom stereocenters. The van der Waals surface area contributed by atoms with Crippen LogP contribution in [-0.4, -0.2) is 26.3 Å². The maximum atomic E-state index is 12.7. The Morgan fingerprint density at radius 2 is 2.00 bits per heavy atom. The van der Waals surface area contributed by atoms with Crippen molar-refractivity contribution in [3.8, 4) is 5.75 Å². The number of amides is 1. The van der Waals surface area contributed by atoms with Gasteiger partial charge < -0.3 is 21.5 Å². The molecule has 2 aromatic carbocycles. The smallest absolute Gasteiger partial charge is 0.252 e. The molecule has 0 bridgehead atoms. The molecule has 1 unspecified atom stereocenters. The van der Waals surface area contributed by atoms with Crippen LogP contribution in [0.1, 0.15) is 40.0 Å². The summed E-state index contributed by atoms with van der Waals surface area (Å²) in [4.78, 5) is 16.7. The van der Waals surface area contributed by atoms with Crippen LogP contribution in [0.3, 0.4) is 0 Å². The molecular weight excluding hydrogens is 340 g/mol. The van der Waals surface area contributed by atoms with Gasteiger partial charge in [-0.25, -0.2) is 0 Å². The first-order chi connectivity index (χ1) is 12.9. The van der Waals surface area contributed by atoms with Crippen LogP contribution in [-0.2, 0) is 0 Å². The molecular formula is C21H26N4O2. The molecule has 0 saturated heterocycles. The third kappa shape index (κ3) is 4.88. The lowest BCUT2D eigenvalue weighted by atomic mass is 9.99. The molecule has 0 saturated carbocycles. The number of aryl methyl sites for hydroxylation is 1. The summed E-state index contributed by atoms with van der Waals surface area (Å²) in [6.45, 7) is 3.79. The van der Waals surface area contributed by atoms with Crippen LogP contribution in [0.2, 0.25) is 0 Å². The number of nitrogens with two attached hydrogens (primary N) is 2. The standard InChI is InChI=1S/C21H26N4O2/c1-13-5-6-18(23)10-20(13)21(26)25-14(2)15-7-16(9-19(8-15)27-4)17(11-22)12-24-3/h5-12,14H,22-23H2,1-4H3,(H,25,26)/b17-11+,24-12?. The van der Waals surface area contributed by atoms with Crippen molar-refractivity contribution in [3.63, 3.8) is 0 Å². The quantitative estimate of drug-likeness (QED) is 0.540. The molecule has 0 fully saturated rings. The van der Waals surface area contributed by atoms with Crippen molar-refractivity contribution in [2.45, 2.75) is 19.9 Å². The predicted molar refractivity (Wildman–Crippen MR) is 111 cm³/mol. The van der Waals surface area contributed by atoms with E-state index in [1.54, 1.807) is 32.5 Å². The Morgan fingerprint density at radius 1 is 1.26 bits per heavy atom. The van der Waals surface area contributed by atoms with E-state index >= 15 is 0 Å². The Hall–Kier alpha value is -3.28. The molecule has 0 heterocycles. The van der Waals surface area contributed by atoms with Crippen LogP contribution in [0.25, 0.3) is 5.57 Å². The predicted octanol–water partition coefficient (Wildman–Crippen LogP) is 3.08. The number of carbonyl (C=O) groups excluding carboxylic acids is 1. The number of allylic oxidation sites excluding steroid dienone is 1. The summed E-state index contributed by atoms with van der Waals surface area (Å²) in [5, 5.41) is 3.01. The van der Waals surface area contributed by atoms with Crippen molar-refractivity contribution in [2.75, 3.05) is 19.9 Å².